The van der Waals surface area contributed by atoms with Crippen molar-refractivity contribution in [3.8, 4) is 5.75 Å². The highest BCUT2D eigenvalue weighted by Crippen LogP contribution is 2.23. The van der Waals surface area contributed by atoms with Crippen molar-refractivity contribution >= 4 is 16.9 Å². The Morgan fingerprint density at radius 3 is 2.77 bits per heavy atom. The first kappa shape index (κ1) is 14.1. The summed E-state index contributed by atoms with van der Waals surface area (Å²) < 4.78 is 20.2. The molecule has 0 unspecified atom stereocenters. The quantitative estimate of drug-likeness (QED) is 0.801. The van der Waals surface area contributed by atoms with Crippen LogP contribution in [0.25, 0.3) is 10.9 Å². The summed E-state index contributed by atoms with van der Waals surface area (Å²) in [6, 6.07) is 13.2. The zero-order valence-electron chi connectivity index (χ0n) is 11.9. The zero-order chi connectivity index (χ0) is 15.7. The molecule has 1 heterocycles. The number of hydrogen-bond donors (Lipinski definition) is 1. The van der Waals surface area contributed by atoms with Gasteiger partial charge in [0.15, 0.2) is 0 Å². The topological polar surface area (TPSA) is 51.5 Å². The van der Waals surface area contributed by atoms with Crippen molar-refractivity contribution in [1.29, 1.82) is 0 Å². The molecule has 112 valence electrons. The van der Waals surface area contributed by atoms with Gasteiger partial charge in [0.2, 0.25) is 0 Å². The number of halogens is 1. The molecule has 5 heteroatoms. The van der Waals surface area contributed by atoms with E-state index in [-0.39, 0.29) is 11.5 Å². The lowest BCUT2D eigenvalue weighted by atomic mass is 10.2. The average Bonchev–Trinajstić information content (AvgIpc) is 2.85. The van der Waals surface area contributed by atoms with Gasteiger partial charge in [-0.3, -0.25) is 0 Å². The van der Waals surface area contributed by atoms with Gasteiger partial charge < -0.3 is 14.4 Å². The van der Waals surface area contributed by atoms with Crippen molar-refractivity contribution in [2.24, 2.45) is 0 Å². The van der Waals surface area contributed by atoms with Gasteiger partial charge in [0.05, 0.1) is 7.11 Å². The molecule has 0 radical (unpaired) electrons. The minimum Gasteiger partial charge on any atom is -0.497 e. The predicted octanol–water partition coefficient (Wildman–Crippen LogP) is 3.54. The highest BCUT2D eigenvalue weighted by Gasteiger charge is 2.15. The van der Waals surface area contributed by atoms with Crippen LogP contribution in [0, 0.1) is 5.82 Å². The average molecular weight is 299 g/mol. The number of rotatable bonds is 4. The molecule has 0 aliphatic carbocycles. The molecule has 3 rings (SSSR count). The van der Waals surface area contributed by atoms with Crippen molar-refractivity contribution in [2.45, 2.75) is 6.54 Å². The molecule has 3 aromatic rings. The summed E-state index contributed by atoms with van der Waals surface area (Å²) in [6.45, 7) is 0.369. The largest absolute Gasteiger partial charge is 0.497 e. The van der Waals surface area contributed by atoms with Gasteiger partial charge >= 0.3 is 5.97 Å². The minimum absolute atomic E-state index is 0.128. The van der Waals surface area contributed by atoms with Crippen LogP contribution in [0.1, 0.15) is 16.1 Å². The number of carbonyl (C=O) groups is 1. The third-order valence-corrected chi connectivity index (χ3v) is 3.56. The summed E-state index contributed by atoms with van der Waals surface area (Å²) in [5.41, 5.74) is 1.72. The van der Waals surface area contributed by atoms with Gasteiger partial charge in [-0.15, -0.1) is 0 Å². The van der Waals surface area contributed by atoms with Crippen LogP contribution in [-0.2, 0) is 6.54 Å². The molecular weight excluding hydrogens is 285 g/mol. The standard InChI is InChI=1S/C17H14FNO3/c1-22-14-4-2-3-11(7-14)10-19-15-6-5-13(18)8-12(15)9-16(19)17(20)21/h2-9H,10H2,1H3,(H,20,21). The van der Waals surface area contributed by atoms with E-state index in [2.05, 4.69) is 0 Å². The highest BCUT2D eigenvalue weighted by atomic mass is 19.1. The first-order valence-corrected chi connectivity index (χ1v) is 6.73. The number of nitrogens with zero attached hydrogens (tertiary/aromatic N) is 1. The van der Waals surface area contributed by atoms with Gasteiger partial charge in [-0.25, -0.2) is 9.18 Å². The van der Waals surface area contributed by atoms with Gasteiger partial charge in [-0.2, -0.15) is 0 Å². The zero-order valence-corrected chi connectivity index (χ0v) is 11.9. The molecule has 0 spiro atoms. The summed E-state index contributed by atoms with van der Waals surface area (Å²) in [5.74, 6) is -0.723. The number of benzene rings is 2. The van der Waals surface area contributed by atoms with Crippen molar-refractivity contribution in [3.63, 3.8) is 0 Å². The lowest BCUT2D eigenvalue weighted by Crippen LogP contribution is -2.09. The summed E-state index contributed by atoms with van der Waals surface area (Å²) in [5, 5.41) is 9.95. The maximum Gasteiger partial charge on any atom is 0.352 e. The van der Waals surface area contributed by atoms with Crippen LogP contribution in [0.2, 0.25) is 0 Å². The molecule has 0 saturated carbocycles. The monoisotopic (exact) mass is 299 g/mol. The van der Waals surface area contributed by atoms with Crippen LogP contribution in [0.15, 0.2) is 48.5 Å². The number of aromatic carboxylic acids is 1. The highest BCUT2D eigenvalue weighted by molar-refractivity contribution is 5.94. The fourth-order valence-corrected chi connectivity index (χ4v) is 2.54. The number of carboxylic acid groups (broad SMARTS) is 1. The van der Waals surface area contributed by atoms with Crippen molar-refractivity contribution in [2.75, 3.05) is 7.11 Å². The molecule has 2 aromatic carbocycles. The molecular formula is C17H14FNO3. The third-order valence-electron chi connectivity index (χ3n) is 3.56. The number of methoxy groups -OCH3 is 1. The van der Waals surface area contributed by atoms with Crippen LogP contribution in [0.4, 0.5) is 4.39 Å². The van der Waals surface area contributed by atoms with E-state index in [4.69, 9.17) is 4.74 Å². The Morgan fingerprint density at radius 1 is 1.23 bits per heavy atom. The summed E-state index contributed by atoms with van der Waals surface area (Å²) >= 11 is 0. The lowest BCUT2D eigenvalue weighted by molar-refractivity contribution is 0.0686. The van der Waals surface area contributed by atoms with Gasteiger partial charge in [0.25, 0.3) is 0 Å². The first-order chi connectivity index (χ1) is 10.6. The number of fused-ring (bicyclic) bond motifs is 1. The van der Waals surface area contributed by atoms with E-state index in [9.17, 15) is 14.3 Å². The van der Waals surface area contributed by atoms with Crippen LogP contribution >= 0.6 is 0 Å². The maximum absolute atomic E-state index is 13.3. The number of hydrogen-bond acceptors (Lipinski definition) is 2. The van der Waals surface area contributed by atoms with E-state index >= 15 is 0 Å². The molecule has 0 amide bonds. The van der Waals surface area contributed by atoms with E-state index in [0.29, 0.717) is 23.2 Å². The smallest absolute Gasteiger partial charge is 0.352 e. The van der Waals surface area contributed by atoms with E-state index in [1.165, 1.54) is 18.2 Å². The molecule has 0 bridgehead atoms. The number of ether oxygens (including phenoxy) is 1. The summed E-state index contributed by atoms with van der Waals surface area (Å²) in [4.78, 5) is 11.5. The molecule has 0 fully saturated rings. The Kier molecular flexibility index (Phi) is 3.55. The summed E-state index contributed by atoms with van der Waals surface area (Å²) in [6.07, 6.45) is 0. The van der Waals surface area contributed by atoms with Crippen LogP contribution < -0.4 is 4.74 Å². The van der Waals surface area contributed by atoms with Crippen LogP contribution in [0.5, 0.6) is 5.75 Å². The Balaban J connectivity index is 2.11. The van der Waals surface area contributed by atoms with E-state index in [1.807, 2.05) is 24.3 Å². The molecule has 22 heavy (non-hydrogen) atoms. The molecule has 1 aromatic heterocycles. The Bertz CT molecular complexity index is 854. The molecule has 0 saturated heterocycles. The molecule has 0 aliphatic heterocycles. The Hall–Kier alpha value is -2.82. The second-order valence-electron chi connectivity index (χ2n) is 4.98. The Labute approximate surface area is 126 Å². The molecule has 0 aliphatic rings. The second kappa shape index (κ2) is 5.52. The normalized spacial score (nSPS) is 10.8. The van der Waals surface area contributed by atoms with Crippen molar-refractivity contribution < 1.29 is 19.0 Å². The fourth-order valence-electron chi connectivity index (χ4n) is 2.54. The number of carboxylic acids is 1. The predicted molar refractivity (Wildman–Crippen MR) is 81.0 cm³/mol. The van der Waals surface area contributed by atoms with Crippen molar-refractivity contribution in [1.82, 2.24) is 4.57 Å². The first-order valence-electron chi connectivity index (χ1n) is 6.73. The minimum atomic E-state index is -1.04. The maximum atomic E-state index is 13.3. The van der Waals surface area contributed by atoms with Crippen LogP contribution in [0.3, 0.4) is 0 Å². The third kappa shape index (κ3) is 2.53. The molecule has 0 atom stereocenters. The summed E-state index contributed by atoms with van der Waals surface area (Å²) in [7, 11) is 1.58. The number of aromatic nitrogens is 1. The van der Waals surface area contributed by atoms with Gasteiger partial charge in [-0.05, 0) is 42.0 Å². The Morgan fingerprint density at radius 2 is 2.05 bits per heavy atom. The fraction of sp³-hybridized carbons (Fsp3) is 0.118. The van der Waals surface area contributed by atoms with E-state index in [0.717, 1.165) is 5.56 Å². The SMILES string of the molecule is COc1cccc(Cn2c(C(=O)O)cc3cc(F)ccc32)c1. The lowest BCUT2D eigenvalue weighted by Gasteiger charge is -2.10. The molecule has 1 N–H and O–H groups in total. The van der Waals surface area contributed by atoms with Gasteiger partial charge in [-0.1, -0.05) is 12.1 Å². The molecule has 4 nitrogen and oxygen atoms in total. The van der Waals surface area contributed by atoms with Gasteiger partial charge in [0, 0.05) is 17.4 Å². The van der Waals surface area contributed by atoms with Crippen molar-refractivity contribution in [3.05, 3.63) is 65.6 Å². The van der Waals surface area contributed by atoms with E-state index < -0.39 is 5.97 Å². The van der Waals surface area contributed by atoms with Crippen LogP contribution in [-0.4, -0.2) is 22.8 Å². The second-order valence-corrected chi connectivity index (χ2v) is 4.98. The van der Waals surface area contributed by atoms with E-state index in [1.54, 1.807) is 17.7 Å². The van der Waals surface area contributed by atoms with Gasteiger partial charge in [0.1, 0.15) is 17.3 Å².